The lowest BCUT2D eigenvalue weighted by molar-refractivity contribution is -0.117. The molecule has 0 bridgehead atoms. The molecule has 0 spiro atoms. The highest BCUT2D eigenvalue weighted by Gasteiger charge is 2.27. The molecule has 8 nitrogen and oxygen atoms in total. The van der Waals surface area contributed by atoms with Gasteiger partial charge in [-0.15, -0.1) is 0 Å². The van der Waals surface area contributed by atoms with Gasteiger partial charge in [0.05, 0.1) is 29.7 Å². The second-order valence-electron chi connectivity index (χ2n) is 6.39. The summed E-state index contributed by atoms with van der Waals surface area (Å²) >= 11 is 1.50. The van der Waals surface area contributed by atoms with E-state index in [4.69, 9.17) is 10.2 Å². The molecular weight excluding hydrogens is 400 g/mol. The van der Waals surface area contributed by atoms with E-state index in [1.807, 2.05) is 12.1 Å². The van der Waals surface area contributed by atoms with E-state index in [1.165, 1.54) is 41.5 Å². The first kappa shape index (κ1) is 18.6. The monoisotopic (exact) mass is 418 g/mol. The molecule has 1 unspecified atom stereocenters. The smallest absolute Gasteiger partial charge is 0.297 e. The molecule has 28 heavy (non-hydrogen) atoms. The molecule has 4 rings (SSSR count). The number of aromatic nitrogens is 1. The number of rotatable bonds is 6. The van der Waals surface area contributed by atoms with Crippen LogP contribution < -0.4 is 10.0 Å². The van der Waals surface area contributed by atoms with Gasteiger partial charge in [-0.05, 0) is 24.3 Å². The topological polar surface area (TPSA) is 122 Å². The van der Waals surface area contributed by atoms with Crippen LogP contribution in [0, 0.1) is 0 Å². The minimum Gasteiger partial charge on any atom is -0.451 e. The lowest BCUT2D eigenvalue weighted by Gasteiger charge is -2.18. The molecule has 0 fully saturated rings. The number of primary amides is 1. The standard InChI is InChI=1S/C18H18N4O4S2/c1-22(28(24,25)16-6-3-7-26-16)14-5-2-4-11-8-13(21-17(11)14)18-20-10-12(27-18)9-15(19)23/h2-8,12,21H,9-10H2,1H3,(H2,19,23). The summed E-state index contributed by atoms with van der Waals surface area (Å²) in [6, 6.07) is 10.3. The molecule has 3 aromatic rings. The third kappa shape index (κ3) is 3.29. The van der Waals surface area contributed by atoms with Crippen LogP contribution >= 0.6 is 11.8 Å². The van der Waals surface area contributed by atoms with Crippen molar-refractivity contribution in [3.8, 4) is 0 Å². The average Bonchev–Trinajstić information content (AvgIpc) is 3.39. The third-order valence-corrected chi connectivity index (χ3v) is 7.34. The highest BCUT2D eigenvalue weighted by molar-refractivity contribution is 8.15. The summed E-state index contributed by atoms with van der Waals surface area (Å²) in [5.41, 5.74) is 7.23. The van der Waals surface area contributed by atoms with E-state index < -0.39 is 10.0 Å². The largest absolute Gasteiger partial charge is 0.451 e. The number of para-hydroxylation sites is 1. The quantitative estimate of drug-likeness (QED) is 0.636. The molecule has 2 aromatic heterocycles. The van der Waals surface area contributed by atoms with Crippen molar-refractivity contribution in [3.63, 3.8) is 0 Å². The second-order valence-corrected chi connectivity index (χ2v) is 9.57. The molecule has 0 saturated carbocycles. The van der Waals surface area contributed by atoms with Crippen LogP contribution in [0.25, 0.3) is 10.9 Å². The van der Waals surface area contributed by atoms with E-state index in [1.54, 1.807) is 12.1 Å². The molecule has 1 aliphatic heterocycles. The van der Waals surface area contributed by atoms with Crippen molar-refractivity contribution in [1.29, 1.82) is 0 Å². The van der Waals surface area contributed by atoms with Crippen LogP contribution in [-0.4, -0.2) is 43.2 Å². The van der Waals surface area contributed by atoms with Gasteiger partial charge in [0.2, 0.25) is 11.0 Å². The van der Waals surface area contributed by atoms with Crippen LogP contribution in [0.5, 0.6) is 0 Å². The van der Waals surface area contributed by atoms with E-state index in [2.05, 4.69) is 9.98 Å². The van der Waals surface area contributed by atoms with Crippen LogP contribution in [-0.2, 0) is 14.8 Å². The van der Waals surface area contributed by atoms with Gasteiger partial charge in [-0.25, -0.2) is 0 Å². The van der Waals surface area contributed by atoms with E-state index in [0.29, 0.717) is 17.7 Å². The number of fused-ring (bicyclic) bond motifs is 1. The van der Waals surface area contributed by atoms with E-state index in [9.17, 15) is 13.2 Å². The van der Waals surface area contributed by atoms with Gasteiger partial charge in [-0.1, -0.05) is 23.9 Å². The summed E-state index contributed by atoms with van der Waals surface area (Å²) in [6.07, 6.45) is 1.60. The van der Waals surface area contributed by atoms with Crippen LogP contribution in [0.1, 0.15) is 12.1 Å². The highest BCUT2D eigenvalue weighted by Crippen LogP contribution is 2.33. The summed E-state index contributed by atoms with van der Waals surface area (Å²) in [7, 11) is -2.33. The number of nitrogens with two attached hydrogens (primary N) is 1. The van der Waals surface area contributed by atoms with Crippen molar-refractivity contribution < 1.29 is 17.6 Å². The summed E-state index contributed by atoms with van der Waals surface area (Å²) in [5.74, 6) is -0.349. The molecule has 1 amide bonds. The fraction of sp³-hybridized carbons (Fsp3) is 0.222. The molecule has 1 aromatic carbocycles. The van der Waals surface area contributed by atoms with Crippen LogP contribution in [0.4, 0.5) is 5.69 Å². The van der Waals surface area contributed by atoms with Crippen molar-refractivity contribution in [3.05, 3.63) is 48.4 Å². The lowest BCUT2D eigenvalue weighted by Crippen LogP contribution is -2.26. The van der Waals surface area contributed by atoms with Crippen molar-refractivity contribution in [1.82, 2.24) is 4.98 Å². The van der Waals surface area contributed by atoms with E-state index in [0.717, 1.165) is 16.1 Å². The predicted molar refractivity (Wildman–Crippen MR) is 109 cm³/mol. The van der Waals surface area contributed by atoms with Gasteiger partial charge in [0, 0.05) is 24.1 Å². The van der Waals surface area contributed by atoms with Gasteiger partial charge in [-0.2, -0.15) is 8.42 Å². The van der Waals surface area contributed by atoms with Crippen molar-refractivity contribution >= 4 is 49.3 Å². The Kier molecular flexibility index (Phi) is 4.68. The summed E-state index contributed by atoms with van der Waals surface area (Å²) in [6.45, 7) is 0.526. The maximum atomic E-state index is 12.8. The van der Waals surface area contributed by atoms with Crippen LogP contribution in [0.15, 0.2) is 57.2 Å². The summed E-state index contributed by atoms with van der Waals surface area (Å²) in [4.78, 5) is 18.9. The zero-order valence-electron chi connectivity index (χ0n) is 15.0. The second kappa shape index (κ2) is 7.02. The van der Waals surface area contributed by atoms with Gasteiger partial charge >= 0.3 is 0 Å². The molecule has 1 atom stereocenters. The SMILES string of the molecule is CN(c1cccc2cc(C3=NCC(CC(N)=O)S3)[nH]c12)S(=O)(=O)c1ccco1. The fourth-order valence-electron chi connectivity index (χ4n) is 3.09. The number of carbonyl (C=O) groups excluding carboxylic acids is 1. The maximum absolute atomic E-state index is 12.8. The number of sulfonamides is 1. The fourth-order valence-corrected chi connectivity index (χ4v) is 5.30. The van der Waals surface area contributed by atoms with Gasteiger partial charge in [0.1, 0.15) is 5.04 Å². The number of hydrogen-bond acceptors (Lipinski definition) is 6. The normalized spacial score (nSPS) is 17.0. The first-order valence-electron chi connectivity index (χ1n) is 8.50. The van der Waals surface area contributed by atoms with E-state index in [-0.39, 0.29) is 22.7 Å². The predicted octanol–water partition coefficient (Wildman–Crippen LogP) is 2.32. The van der Waals surface area contributed by atoms with Crippen LogP contribution in [0.3, 0.4) is 0 Å². The number of benzene rings is 1. The number of furan rings is 1. The molecule has 3 heterocycles. The Balaban J connectivity index is 1.68. The van der Waals surface area contributed by atoms with E-state index >= 15 is 0 Å². The number of aromatic amines is 1. The Hall–Kier alpha value is -2.72. The van der Waals surface area contributed by atoms with Gasteiger partial charge in [-0.3, -0.25) is 14.1 Å². The third-order valence-electron chi connectivity index (χ3n) is 4.46. The number of thioether (sulfide) groups is 1. The first-order chi connectivity index (χ1) is 13.4. The zero-order valence-corrected chi connectivity index (χ0v) is 16.6. The minimum absolute atomic E-state index is 0.0281. The number of H-pyrrole nitrogens is 1. The molecule has 0 aliphatic carbocycles. The number of carbonyl (C=O) groups is 1. The maximum Gasteiger partial charge on any atom is 0.297 e. The number of hydrogen-bond donors (Lipinski definition) is 2. The Morgan fingerprint density at radius 2 is 2.21 bits per heavy atom. The molecular formula is C18H18N4O4S2. The summed E-state index contributed by atoms with van der Waals surface area (Å²) < 4.78 is 31.9. The average molecular weight is 419 g/mol. The summed E-state index contributed by atoms with van der Waals surface area (Å²) in [5, 5.41) is 1.55. The van der Waals surface area contributed by atoms with Gasteiger partial charge in [0.25, 0.3) is 10.0 Å². The van der Waals surface area contributed by atoms with Gasteiger partial charge < -0.3 is 15.1 Å². The van der Waals surface area contributed by atoms with Gasteiger partial charge in [0.15, 0.2) is 0 Å². The Morgan fingerprint density at radius 1 is 1.39 bits per heavy atom. The molecule has 0 radical (unpaired) electrons. The molecule has 1 aliphatic rings. The molecule has 0 saturated heterocycles. The number of nitrogens with one attached hydrogen (secondary N) is 1. The minimum atomic E-state index is -3.81. The van der Waals surface area contributed by atoms with Crippen molar-refractivity contribution in [2.24, 2.45) is 10.7 Å². The molecule has 3 N–H and O–H groups in total. The molecule has 10 heteroatoms. The number of amides is 1. The Morgan fingerprint density at radius 3 is 2.93 bits per heavy atom. The Bertz CT molecular complexity index is 1170. The molecule has 146 valence electrons. The van der Waals surface area contributed by atoms with Crippen LogP contribution in [0.2, 0.25) is 0 Å². The number of anilines is 1. The number of aliphatic imine (C=N–C) groups is 1. The highest BCUT2D eigenvalue weighted by atomic mass is 32.2. The Labute approximate surface area is 165 Å². The number of nitrogens with zero attached hydrogens (tertiary/aromatic N) is 2. The van der Waals surface area contributed by atoms with Crippen molar-refractivity contribution in [2.75, 3.05) is 17.9 Å². The van der Waals surface area contributed by atoms with Crippen molar-refractivity contribution in [2.45, 2.75) is 16.8 Å². The zero-order chi connectivity index (χ0) is 19.9. The first-order valence-corrected chi connectivity index (χ1v) is 10.8. The lowest BCUT2D eigenvalue weighted by atomic mass is 10.2.